The first kappa shape index (κ1) is 10.6. The molecule has 0 aliphatic carbocycles. The second kappa shape index (κ2) is 4.65. The molecule has 0 aliphatic rings. The van der Waals surface area contributed by atoms with Crippen LogP contribution < -0.4 is 4.74 Å². The minimum absolute atomic E-state index is 0.125. The minimum atomic E-state index is 0.125. The first-order chi connectivity index (χ1) is 6.63. The van der Waals surface area contributed by atoms with Crippen molar-refractivity contribution in [3.8, 4) is 11.5 Å². The number of benzene rings is 1. The highest BCUT2D eigenvalue weighted by Gasteiger charge is 2.03. The lowest BCUT2D eigenvalue weighted by Gasteiger charge is -2.05. The molecule has 0 unspecified atom stereocenters. The Kier molecular flexibility index (Phi) is 3.51. The van der Waals surface area contributed by atoms with Crippen molar-refractivity contribution in [1.29, 1.82) is 0 Å². The fourth-order valence-corrected chi connectivity index (χ4v) is 1.19. The quantitative estimate of drug-likeness (QED) is 0.796. The summed E-state index contributed by atoms with van der Waals surface area (Å²) < 4.78 is 4.95. The number of carbonyl (C=O) groups excluding carboxylic acids is 1. The number of ketones is 1. The van der Waals surface area contributed by atoms with Gasteiger partial charge < -0.3 is 14.6 Å². The molecule has 0 radical (unpaired) electrons. The van der Waals surface area contributed by atoms with Crippen LogP contribution in [0.5, 0.6) is 11.5 Å². The van der Waals surface area contributed by atoms with E-state index < -0.39 is 0 Å². The van der Waals surface area contributed by atoms with Crippen LogP contribution in [-0.2, 0) is 11.2 Å². The summed E-state index contributed by atoms with van der Waals surface area (Å²) in [7, 11) is 1.55. The van der Waals surface area contributed by atoms with E-state index in [1.165, 1.54) is 0 Å². The monoisotopic (exact) mass is 194 g/mol. The van der Waals surface area contributed by atoms with Crippen molar-refractivity contribution >= 4 is 5.78 Å². The molecule has 0 saturated carbocycles. The number of aromatic hydroxyl groups is 1. The van der Waals surface area contributed by atoms with Crippen LogP contribution >= 0.6 is 0 Å². The van der Waals surface area contributed by atoms with Crippen LogP contribution in [0.25, 0.3) is 0 Å². The van der Waals surface area contributed by atoms with Gasteiger partial charge in [-0.1, -0.05) is 6.07 Å². The lowest BCUT2D eigenvalue weighted by Crippen LogP contribution is -1.94. The number of Topliss-reactive ketones (excluding diaryl/α,β-unsaturated/α-hetero) is 1. The van der Waals surface area contributed by atoms with Crippen molar-refractivity contribution in [1.82, 2.24) is 0 Å². The smallest absolute Gasteiger partial charge is 0.130 e. The summed E-state index contributed by atoms with van der Waals surface area (Å²) >= 11 is 0. The molecule has 0 amide bonds. The predicted octanol–water partition coefficient (Wildman–Crippen LogP) is 1.92. The maximum Gasteiger partial charge on any atom is 0.130 e. The molecule has 1 N–H and O–H groups in total. The Bertz CT molecular complexity index is 331. The standard InChI is InChI=1S/C11H14O3/c1-8(12)3-4-9-5-6-10(14-2)7-11(9)13/h5-7,13H,3-4H2,1-2H3. The molecule has 3 heteroatoms. The number of methoxy groups -OCH3 is 1. The van der Waals surface area contributed by atoms with E-state index in [1.807, 2.05) is 0 Å². The Labute approximate surface area is 83.3 Å². The third kappa shape index (κ3) is 2.76. The second-order valence-electron chi connectivity index (χ2n) is 3.20. The number of hydrogen-bond donors (Lipinski definition) is 1. The summed E-state index contributed by atoms with van der Waals surface area (Å²) in [6, 6.07) is 5.10. The summed E-state index contributed by atoms with van der Waals surface area (Å²) in [6.45, 7) is 1.54. The normalized spacial score (nSPS) is 9.86. The van der Waals surface area contributed by atoms with E-state index in [-0.39, 0.29) is 11.5 Å². The van der Waals surface area contributed by atoms with Crippen LogP contribution in [0.2, 0.25) is 0 Å². The van der Waals surface area contributed by atoms with Gasteiger partial charge in [0.05, 0.1) is 7.11 Å². The molecule has 0 atom stereocenters. The van der Waals surface area contributed by atoms with Crippen molar-refractivity contribution in [2.75, 3.05) is 7.11 Å². The zero-order valence-electron chi connectivity index (χ0n) is 8.41. The molecule has 1 aromatic carbocycles. The molecule has 0 saturated heterocycles. The number of phenolic OH excluding ortho intramolecular Hbond substituents is 1. The van der Waals surface area contributed by atoms with Gasteiger partial charge in [0, 0.05) is 12.5 Å². The molecule has 0 spiro atoms. The number of phenols is 1. The van der Waals surface area contributed by atoms with Crippen LogP contribution in [0.15, 0.2) is 18.2 Å². The van der Waals surface area contributed by atoms with Gasteiger partial charge in [-0.15, -0.1) is 0 Å². The van der Waals surface area contributed by atoms with Gasteiger partial charge in [0.2, 0.25) is 0 Å². The molecular weight excluding hydrogens is 180 g/mol. The maximum atomic E-state index is 10.7. The lowest BCUT2D eigenvalue weighted by atomic mass is 10.1. The lowest BCUT2D eigenvalue weighted by molar-refractivity contribution is -0.116. The predicted molar refractivity (Wildman–Crippen MR) is 53.7 cm³/mol. The Morgan fingerprint density at radius 1 is 1.50 bits per heavy atom. The topological polar surface area (TPSA) is 46.5 Å². The van der Waals surface area contributed by atoms with Gasteiger partial charge in [0.1, 0.15) is 17.3 Å². The molecule has 14 heavy (non-hydrogen) atoms. The second-order valence-corrected chi connectivity index (χ2v) is 3.20. The highest BCUT2D eigenvalue weighted by atomic mass is 16.5. The van der Waals surface area contributed by atoms with Crippen molar-refractivity contribution in [2.24, 2.45) is 0 Å². The first-order valence-corrected chi connectivity index (χ1v) is 4.49. The van der Waals surface area contributed by atoms with Gasteiger partial charge in [-0.25, -0.2) is 0 Å². The highest BCUT2D eigenvalue weighted by molar-refractivity contribution is 5.75. The Hall–Kier alpha value is -1.51. The van der Waals surface area contributed by atoms with Crippen LogP contribution in [0, 0.1) is 0 Å². The first-order valence-electron chi connectivity index (χ1n) is 4.49. The van der Waals surface area contributed by atoms with E-state index >= 15 is 0 Å². The van der Waals surface area contributed by atoms with Crippen molar-refractivity contribution in [2.45, 2.75) is 19.8 Å². The van der Waals surface area contributed by atoms with Crippen LogP contribution in [0.4, 0.5) is 0 Å². The van der Waals surface area contributed by atoms with E-state index in [0.717, 1.165) is 5.56 Å². The van der Waals surface area contributed by atoms with E-state index in [2.05, 4.69) is 0 Å². The maximum absolute atomic E-state index is 10.7. The zero-order chi connectivity index (χ0) is 10.6. The van der Waals surface area contributed by atoms with Gasteiger partial charge in [-0.3, -0.25) is 0 Å². The van der Waals surface area contributed by atoms with Crippen molar-refractivity contribution in [3.63, 3.8) is 0 Å². The fraction of sp³-hybridized carbons (Fsp3) is 0.364. The molecule has 0 fully saturated rings. The largest absolute Gasteiger partial charge is 0.508 e. The molecule has 76 valence electrons. The summed E-state index contributed by atoms with van der Waals surface area (Å²) in [5, 5.41) is 9.54. The summed E-state index contributed by atoms with van der Waals surface area (Å²) in [6.07, 6.45) is 1.03. The van der Waals surface area contributed by atoms with E-state index in [4.69, 9.17) is 4.74 Å². The van der Waals surface area contributed by atoms with Gasteiger partial charge in [-0.05, 0) is 25.0 Å². The zero-order valence-corrected chi connectivity index (χ0v) is 8.41. The fourth-order valence-electron chi connectivity index (χ4n) is 1.19. The van der Waals surface area contributed by atoms with E-state index in [0.29, 0.717) is 18.6 Å². The van der Waals surface area contributed by atoms with Gasteiger partial charge in [0.25, 0.3) is 0 Å². The third-order valence-electron chi connectivity index (χ3n) is 2.04. The summed E-state index contributed by atoms with van der Waals surface area (Å²) in [5.74, 6) is 0.930. The average molecular weight is 194 g/mol. The average Bonchev–Trinajstić information content (AvgIpc) is 2.15. The number of ether oxygens (including phenoxy) is 1. The minimum Gasteiger partial charge on any atom is -0.508 e. The number of carbonyl (C=O) groups is 1. The van der Waals surface area contributed by atoms with Gasteiger partial charge in [0.15, 0.2) is 0 Å². The van der Waals surface area contributed by atoms with Crippen molar-refractivity contribution in [3.05, 3.63) is 23.8 Å². The SMILES string of the molecule is COc1ccc(CCC(C)=O)c(O)c1. The van der Waals surface area contributed by atoms with Crippen molar-refractivity contribution < 1.29 is 14.6 Å². The van der Waals surface area contributed by atoms with Crippen LogP contribution in [-0.4, -0.2) is 18.0 Å². The molecule has 3 nitrogen and oxygen atoms in total. The number of aryl methyl sites for hydroxylation is 1. The molecule has 0 heterocycles. The third-order valence-corrected chi connectivity index (χ3v) is 2.04. The Balaban J connectivity index is 2.73. The Morgan fingerprint density at radius 3 is 2.71 bits per heavy atom. The molecule has 0 aliphatic heterocycles. The summed E-state index contributed by atoms with van der Waals surface area (Å²) in [5.41, 5.74) is 0.779. The number of hydrogen-bond acceptors (Lipinski definition) is 3. The van der Waals surface area contributed by atoms with Gasteiger partial charge in [-0.2, -0.15) is 0 Å². The molecule has 0 aromatic heterocycles. The Morgan fingerprint density at radius 2 is 2.21 bits per heavy atom. The van der Waals surface area contributed by atoms with Crippen LogP contribution in [0.3, 0.4) is 0 Å². The molecular formula is C11H14O3. The molecule has 0 bridgehead atoms. The van der Waals surface area contributed by atoms with E-state index in [1.54, 1.807) is 32.2 Å². The highest BCUT2D eigenvalue weighted by Crippen LogP contribution is 2.24. The van der Waals surface area contributed by atoms with Gasteiger partial charge >= 0.3 is 0 Å². The number of rotatable bonds is 4. The molecule has 1 rings (SSSR count). The van der Waals surface area contributed by atoms with E-state index in [9.17, 15) is 9.90 Å². The summed E-state index contributed by atoms with van der Waals surface area (Å²) in [4.78, 5) is 10.7. The molecule has 1 aromatic rings. The van der Waals surface area contributed by atoms with Crippen LogP contribution in [0.1, 0.15) is 18.9 Å².